The van der Waals surface area contributed by atoms with E-state index in [1.54, 1.807) is 49.2 Å². The van der Waals surface area contributed by atoms with E-state index < -0.39 is 0 Å². The third kappa shape index (κ3) is 5.42. The molecule has 0 atom stereocenters. The van der Waals surface area contributed by atoms with Gasteiger partial charge in [0.2, 0.25) is 5.91 Å². The van der Waals surface area contributed by atoms with Gasteiger partial charge in [-0.2, -0.15) is 5.10 Å². The molecule has 8 nitrogen and oxygen atoms in total. The number of amides is 2. The van der Waals surface area contributed by atoms with E-state index in [1.165, 1.54) is 6.92 Å². The highest BCUT2D eigenvalue weighted by Crippen LogP contribution is 2.27. The molecule has 0 aliphatic rings. The highest BCUT2D eigenvalue weighted by Gasteiger charge is 2.11. The molecule has 0 saturated carbocycles. The molecule has 0 bridgehead atoms. The molecule has 162 valence electrons. The Hall–Kier alpha value is -3.81. The van der Waals surface area contributed by atoms with Crippen LogP contribution < -0.4 is 20.1 Å². The van der Waals surface area contributed by atoms with Gasteiger partial charge in [0.25, 0.3) is 5.91 Å². The number of carbonyl (C=O) groups is 2. The van der Waals surface area contributed by atoms with Gasteiger partial charge in [0.15, 0.2) is 11.5 Å². The second-order valence-electron chi connectivity index (χ2n) is 7.01. The first kappa shape index (κ1) is 21.9. The van der Waals surface area contributed by atoms with Crippen molar-refractivity contribution in [3.63, 3.8) is 0 Å². The van der Waals surface area contributed by atoms with E-state index in [-0.39, 0.29) is 11.8 Å². The molecular weight excluding hydrogens is 396 g/mol. The molecule has 0 aliphatic heterocycles. The zero-order valence-corrected chi connectivity index (χ0v) is 18.1. The van der Waals surface area contributed by atoms with Crippen LogP contribution in [0.4, 0.5) is 5.82 Å². The molecule has 3 aromatic rings. The Bertz CT molecular complexity index is 1070. The molecule has 2 aromatic carbocycles. The van der Waals surface area contributed by atoms with Gasteiger partial charge in [-0.3, -0.25) is 9.59 Å². The Morgan fingerprint density at radius 3 is 2.35 bits per heavy atom. The van der Waals surface area contributed by atoms with Gasteiger partial charge >= 0.3 is 0 Å². The van der Waals surface area contributed by atoms with E-state index >= 15 is 0 Å². The van der Waals surface area contributed by atoms with Gasteiger partial charge in [0.05, 0.1) is 25.6 Å². The standard InChI is InChI=1S/C23H26N4O4/c1-15-13-22(25-16(2)28)27(26-15)19-8-6-18(7-9-19)23(29)24-12-11-17-5-10-20(30-3)21(14-17)31-4/h5-10,13-14H,11-12H2,1-4H3,(H,24,29)(H,25,28). The van der Waals surface area contributed by atoms with Crippen molar-refractivity contribution in [3.8, 4) is 17.2 Å². The van der Waals surface area contributed by atoms with Gasteiger partial charge in [0, 0.05) is 25.1 Å². The third-order valence-corrected chi connectivity index (χ3v) is 4.66. The summed E-state index contributed by atoms with van der Waals surface area (Å²) in [6.45, 7) is 3.78. The third-order valence-electron chi connectivity index (χ3n) is 4.66. The number of hydrogen-bond acceptors (Lipinski definition) is 5. The van der Waals surface area contributed by atoms with Crippen LogP contribution in [-0.4, -0.2) is 42.4 Å². The van der Waals surface area contributed by atoms with Crippen LogP contribution in [0.5, 0.6) is 11.5 Å². The van der Waals surface area contributed by atoms with Crippen LogP contribution in [0, 0.1) is 6.92 Å². The van der Waals surface area contributed by atoms with E-state index in [1.807, 2.05) is 25.1 Å². The number of nitrogens with one attached hydrogen (secondary N) is 2. The van der Waals surface area contributed by atoms with Crippen molar-refractivity contribution in [3.05, 3.63) is 65.4 Å². The summed E-state index contributed by atoms with van der Waals surface area (Å²) in [6, 6.07) is 14.5. The summed E-state index contributed by atoms with van der Waals surface area (Å²) in [5, 5.41) is 10.1. The van der Waals surface area contributed by atoms with Crippen LogP contribution in [0.25, 0.3) is 5.69 Å². The first-order valence-electron chi connectivity index (χ1n) is 9.85. The SMILES string of the molecule is COc1ccc(CCNC(=O)c2ccc(-n3nc(C)cc3NC(C)=O)cc2)cc1OC. The zero-order valence-electron chi connectivity index (χ0n) is 18.1. The van der Waals surface area contributed by atoms with Crippen molar-refractivity contribution in [1.29, 1.82) is 0 Å². The molecule has 2 amide bonds. The number of aryl methyl sites for hydroxylation is 1. The van der Waals surface area contributed by atoms with E-state index in [0.717, 1.165) is 16.9 Å². The molecule has 0 saturated heterocycles. The fourth-order valence-electron chi connectivity index (χ4n) is 3.18. The molecule has 3 rings (SSSR count). The monoisotopic (exact) mass is 422 g/mol. The summed E-state index contributed by atoms with van der Waals surface area (Å²) in [5.74, 6) is 1.58. The van der Waals surface area contributed by atoms with Crippen LogP contribution in [0.1, 0.15) is 28.5 Å². The van der Waals surface area contributed by atoms with E-state index in [0.29, 0.717) is 35.8 Å². The summed E-state index contributed by atoms with van der Waals surface area (Å²) in [7, 11) is 3.19. The van der Waals surface area contributed by atoms with Gasteiger partial charge in [-0.25, -0.2) is 4.68 Å². The second kappa shape index (κ2) is 9.80. The van der Waals surface area contributed by atoms with Crippen molar-refractivity contribution < 1.29 is 19.1 Å². The molecule has 31 heavy (non-hydrogen) atoms. The Morgan fingerprint density at radius 1 is 1.00 bits per heavy atom. The van der Waals surface area contributed by atoms with Crippen molar-refractivity contribution in [2.24, 2.45) is 0 Å². The zero-order chi connectivity index (χ0) is 22.4. The topological polar surface area (TPSA) is 94.5 Å². The molecule has 0 spiro atoms. The largest absolute Gasteiger partial charge is 0.493 e. The summed E-state index contributed by atoms with van der Waals surface area (Å²) >= 11 is 0. The number of nitrogens with zero attached hydrogens (tertiary/aromatic N) is 2. The maximum atomic E-state index is 12.5. The number of hydrogen-bond donors (Lipinski definition) is 2. The lowest BCUT2D eigenvalue weighted by Crippen LogP contribution is -2.25. The smallest absolute Gasteiger partial charge is 0.251 e. The summed E-state index contributed by atoms with van der Waals surface area (Å²) in [5.41, 5.74) is 3.10. The molecule has 1 aromatic heterocycles. The highest BCUT2D eigenvalue weighted by molar-refractivity contribution is 5.94. The minimum absolute atomic E-state index is 0.161. The van der Waals surface area contributed by atoms with Crippen molar-refractivity contribution in [1.82, 2.24) is 15.1 Å². The fourth-order valence-corrected chi connectivity index (χ4v) is 3.18. The van der Waals surface area contributed by atoms with Gasteiger partial charge in [-0.05, 0) is 55.3 Å². The molecule has 8 heteroatoms. The maximum absolute atomic E-state index is 12.5. The number of anilines is 1. The lowest BCUT2D eigenvalue weighted by Gasteiger charge is -2.11. The molecular formula is C23H26N4O4. The van der Waals surface area contributed by atoms with Gasteiger partial charge < -0.3 is 20.1 Å². The van der Waals surface area contributed by atoms with Gasteiger partial charge in [-0.1, -0.05) is 6.07 Å². The minimum atomic E-state index is -0.174. The predicted octanol–water partition coefficient (Wildman–Crippen LogP) is 3.13. The second-order valence-corrected chi connectivity index (χ2v) is 7.01. The highest BCUT2D eigenvalue weighted by atomic mass is 16.5. The summed E-state index contributed by atoms with van der Waals surface area (Å²) in [6.07, 6.45) is 0.664. The minimum Gasteiger partial charge on any atom is -0.493 e. The fraction of sp³-hybridized carbons (Fsp3) is 0.261. The number of rotatable bonds is 8. The number of aromatic nitrogens is 2. The van der Waals surface area contributed by atoms with Crippen LogP contribution in [0.3, 0.4) is 0 Å². The average Bonchev–Trinajstić information content (AvgIpc) is 3.12. The molecule has 0 fully saturated rings. The van der Waals surface area contributed by atoms with Crippen molar-refractivity contribution >= 4 is 17.6 Å². The Morgan fingerprint density at radius 2 is 1.71 bits per heavy atom. The van der Waals surface area contributed by atoms with Gasteiger partial charge in [-0.15, -0.1) is 0 Å². The summed E-state index contributed by atoms with van der Waals surface area (Å²) < 4.78 is 12.2. The number of methoxy groups -OCH3 is 2. The Kier molecular flexibility index (Phi) is 6.92. The van der Waals surface area contributed by atoms with Crippen molar-refractivity contribution in [2.45, 2.75) is 20.3 Å². The molecule has 0 radical (unpaired) electrons. The quantitative estimate of drug-likeness (QED) is 0.582. The first-order valence-corrected chi connectivity index (χ1v) is 9.85. The lowest BCUT2D eigenvalue weighted by molar-refractivity contribution is -0.114. The van der Waals surface area contributed by atoms with Crippen LogP contribution >= 0.6 is 0 Å². The molecule has 2 N–H and O–H groups in total. The molecule has 0 unspecified atom stereocenters. The van der Waals surface area contributed by atoms with E-state index in [2.05, 4.69) is 15.7 Å². The predicted molar refractivity (Wildman–Crippen MR) is 118 cm³/mol. The van der Waals surface area contributed by atoms with E-state index in [9.17, 15) is 9.59 Å². The molecule has 1 heterocycles. The number of carbonyl (C=O) groups excluding carboxylic acids is 2. The maximum Gasteiger partial charge on any atom is 0.251 e. The average molecular weight is 422 g/mol. The Labute approximate surface area is 181 Å². The van der Waals surface area contributed by atoms with Crippen molar-refractivity contribution in [2.75, 3.05) is 26.1 Å². The van der Waals surface area contributed by atoms with Crippen LogP contribution in [0.2, 0.25) is 0 Å². The molecule has 0 aliphatic carbocycles. The Balaban J connectivity index is 1.62. The lowest BCUT2D eigenvalue weighted by atomic mass is 10.1. The first-order chi connectivity index (χ1) is 14.9. The van der Waals surface area contributed by atoms with E-state index in [4.69, 9.17) is 9.47 Å². The number of benzene rings is 2. The van der Waals surface area contributed by atoms with Crippen LogP contribution in [0.15, 0.2) is 48.5 Å². The summed E-state index contributed by atoms with van der Waals surface area (Å²) in [4.78, 5) is 23.9. The van der Waals surface area contributed by atoms with Crippen LogP contribution in [-0.2, 0) is 11.2 Å². The van der Waals surface area contributed by atoms with Gasteiger partial charge in [0.1, 0.15) is 5.82 Å². The normalized spacial score (nSPS) is 10.5. The number of ether oxygens (including phenoxy) is 2.